The topological polar surface area (TPSA) is 35.0 Å². The van der Waals surface area contributed by atoms with Crippen molar-refractivity contribution >= 4 is 0 Å². The SMILES string of the molecule is COCC12CCC(c3cc(-c4ccccc4F)nnc31)C21CC1. The van der Waals surface area contributed by atoms with Gasteiger partial charge in [-0.3, -0.25) is 0 Å². The second-order valence-corrected chi connectivity index (χ2v) is 7.28. The van der Waals surface area contributed by atoms with Gasteiger partial charge in [-0.2, -0.15) is 10.2 Å². The lowest BCUT2D eigenvalue weighted by Gasteiger charge is -2.31. The van der Waals surface area contributed by atoms with Crippen molar-refractivity contribution in [2.24, 2.45) is 5.41 Å². The van der Waals surface area contributed by atoms with Crippen molar-refractivity contribution in [1.29, 1.82) is 0 Å². The summed E-state index contributed by atoms with van der Waals surface area (Å²) in [6.45, 7) is 0.726. The van der Waals surface area contributed by atoms with E-state index in [1.165, 1.54) is 30.9 Å². The first-order chi connectivity index (χ1) is 11.2. The van der Waals surface area contributed by atoms with Crippen molar-refractivity contribution in [3.8, 4) is 11.3 Å². The highest BCUT2D eigenvalue weighted by atomic mass is 19.1. The maximum atomic E-state index is 14.1. The molecule has 1 aromatic carbocycles. The molecule has 2 aromatic rings. The summed E-state index contributed by atoms with van der Waals surface area (Å²) in [7, 11) is 1.78. The number of benzene rings is 1. The van der Waals surface area contributed by atoms with Gasteiger partial charge in [0.25, 0.3) is 0 Å². The number of aromatic nitrogens is 2. The third kappa shape index (κ3) is 1.52. The summed E-state index contributed by atoms with van der Waals surface area (Å²) < 4.78 is 19.7. The molecule has 23 heavy (non-hydrogen) atoms. The van der Waals surface area contributed by atoms with Gasteiger partial charge < -0.3 is 4.74 Å². The standard InChI is InChI=1S/C19H19FN2O/c1-23-11-19-7-6-14(18(19)8-9-18)13-10-16(21-22-17(13)19)12-4-2-3-5-15(12)20/h2-5,10,14H,6-9,11H2,1H3. The Bertz CT molecular complexity index is 802. The van der Waals surface area contributed by atoms with Crippen molar-refractivity contribution in [1.82, 2.24) is 10.2 Å². The number of ether oxygens (including phenoxy) is 1. The van der Waals surface area contributed by atoms with Crippen LogP contribution < -0.4 is 0 Å². The van der Waals surface area contributed by atoms with Crippen molar-refractivity contribution in [3.05, 3.63) is 47.4 Å². The zero-order chi connectivity index (χ0) is 15.7. The van der Waals surface area contributed by atoms with Gasteiger partial charge in [-0.1, -0.05) is 12.1 Å². The van der Waals surface area contributed by atoms with E-state index in [0.29, 0.717) is 22.6 Å². The van der Waals surface area contributed by atoms with Crippen LogP contribution in [0.4, 0.5) is 4.39 Å². The molecule has 0 N–H and O–H groups in total. The van der Waals surface area contributed by atoms with Gasteiger partial charge in [0.2, 0.25) is 0 Å². The van der Waals surface area contributed by atoms with E-state index in [2.05, 4.69) is 16.3 Å². The highest BCUT2D eigenvalue weighted by Gasteiger charge is 2.73. The van der Waals surface area contributed by atoms with E-state index in [4.69, 9.17) is 4.74 Å². The molecule has 1 spiro atoms. The van der Waals surface area contributed by atoms with Gasteiger partial charge in [0.05, 0.1) is 18.0 Å². The molecular formula is C19H19FN2O. The summed E-state index contributed by atoms with van der Waals surface area (Å²) in [5, 5.41) is 8.96. The summed E-state index contributed by atoms with van der Waals surface area (Å²) in [5.74, 6) is 0.311. The molecule has 3 nitrogen and oxygen atoms in total. The van der Waals surface area contributed by atoms with Crippen LogP contribution in [0.15, 0.2) is 30.3 Å². The molecule has 4 heteroatoms. The molecule has 0 amide bonds. The van der Waals surface area contributed by atoms with Crippen molar-refractivity contribution in [2.75, 3.05) is 13.7 Å². The average molecular weight is 310 g/mol. The number of nitrogens with zero attached hydrogens (tertiary/aromatic N) is 2. The lowest BCUT2D eigenvalue weighted by atomic mass is 9.76. The predicted octanol–water partition coefficient (Wildman–Crippen LogP) is 3.84. The first-order valence-electron chi connectivity index (χ1n) is 8.34. The average Bonchev–Trinajstić information content (AvgIpc) is 3.26. The third-order valence-electron chi connectivity index (χ3n) is 6.46. The number of fused-ring (bicyclic) bond motifs is 3. The van der Waals surface area contributed by atoms with Crippen LogP contribution in [0, 0.1) is 11.2 Å². The zero-order valence-electron chi connectivity index (χ0n) is 13.2. The van der Waals surface area contributed by atoms with E-state index in [1.807, 2.05) is 6.07 Å². The Morgan fingerprint density at radius 1 is 1.22 bits per heavy atom. The molecule has 2 unspecified atom stereocenters. The molecule has 1 aromatic heterocycles. The lowest BCUT2D eigenvalue weighted by Crippen LogP contribution is -2.35. The van der Waals surface area contributed by atoms with Gasteiger partial charge >= 0.3 is 0 Å². The molecule has 0 saturated heterocycles. The molecular weight excluding hydrogens is 291 g/mol. The lowest BCUT2D eigenvalue weighted by molar-refractivity contribution is 0.0982. The maximum absolute atomic E-state index is 14.1. The minimum absolute atomic E-state index is 0.0442. The minimum Gasteiger partial charge on any atom is -0.384 e. The van der Waals surface area contributed by atoms with Crippen LogP contribution in [0.2, 0.25) is 0 Å². The Balaban J connectivity index is 1.67. The number of hydrogen-bond donors (Lipinski definition) is 0. The minimum atomic E-state index is -0.238. The summed E-state index contributed by atoms with van der Waals surface area (Å²) in [5.41, 5.74) is 3.98. The van der Waals surface area contributed by atoms with Gasteiger partial charge in [0.15, 0.2) is 0 Å². The van der Waals surface area contributed by atoms with Gasteiger partial charge in [-0.05, 0) is 60.8 Å². The molecule has 3 aliphatic carbocycles. The van der Waals surface area contributed by atoms with Crippen LogP contribution in [-0.4, -0.2) is 23.9 Å². The fourth-order valence-corrected chi connectivity index (χ4v) is 5.39. The van der Waals surface area contributed by atoms with Crippen LogP contribution >= 0.6 is 0 Å². The molecule has 2 fully saturated rings. The monoisotopic (exact) mass is 310 g/mol. The van der Waals surface area contributed by atoms with E-state index in [0.717, 1.165) is 18.7 Å². The van der Waals surface area contributed by atoms with Gasteiger partial charge in [-0.15, -0.1) is 0 Å². The summed E-state index contributed by atoms with van der Waals surface area (Å²) in [4.78, 5) is 0. The highest BCUT2D eigenvalue weighted by molar-refractivity contribution is 5.63. The Morgan fingerprint density at radius 3 is 2.78 bits per heavy atom. The third-order valence-corrected chi connectivity index (χ3v) is 6.46. The number of rotatable bonds is 3. The van der Waals surface area contributed by atoms with E-state index in [1.54, 1.807) is 19.2 Å². The van der Waals surface area contributed by atoms with Crippen LogP contribution in [0.25, 0.3) is 11.3 Å². The normalized spacial score (nSPS) is 29.0. The molecule has 2 atom stereocenters. The van der Waals surface area contributed by atoms with Crippen LogP contribution in [0.3, 0.4) is 0 Å². The first-order valence-corrected chi connectivity index (χ1v) is 8.34. The molecule has 3 aliphatic rings. The smallest absolute Gasteiger partial charge is 0.132 e. The summed E-state index contributed by atoms with van der Waals surface area (Å²) >= 11 is 0. The fraction of sp³-hybridized carbons (Fsp3) is 0.474. The van der Waals surface area contributed by atoms with E-state index in [-0.39, 0.29) is 11.2 Å². The Morgan fingerprint density at radius 2 is 2.04 bits per heavy atom. The summed E-state index contributed by atoms with van der Waals surface area (Å²) in [6, 6.07) is 8.88. The second-order valence-electron chi connectivity index (χ2n) is 7.28. The second kappa shape index (κ2) is 4.38. The van der Waals surface area contributed by atoms with Gasteiger partial charge in [0.1, 0.15) is 5.82 Å². The molecule has 2 saturated carbocycles. The van der Waals surface area contributed by atoms with Gasteiger partial charge in [0, 0.05) is 18.1 Å². The quantitative estimate of drug-likeness (QED) is 0.864. The highest BCUT2D eigenvalue weighted by Crippen LogP contribution is 2.78. The molecule has 1 heterocycles. The Labute approximate surface area is 134 Å². The Kier molecular flexibility index (Phi) is 2.59. The predicted molar refractivity (Wildman–Crippen MR) is 84.6 cm³/mol. The van der Waals surface area contributed by atoms with Crippen molar-refractivity contribution < 1.29 is 9.13 Å². The fourth-order valence-electron chi connectivity index (χ4n) is 5.39. The van der Waals surface area contributed by atoms with Crippen molar-refractivity contribution in [2.45, 2.75) is 37.0 Å². The largest absolute Gasteiger partial charge is 0.384 e. The van der Waals surface area contributed by atoms with E-state index < -0.39 is 0 Å². The molecule has 2 bridgehead atoms. The van der Waals surface area contributed by atoms with Crippen LogP contribution in [0.5, 0.6) is 0 Å². The first kappa shape index (κ1) is 13.6. The molecule has 5 rings (SSSR count). The molecule has 0 aliphatic heterocycles. The Hall–Kier alpha value is -1.81. The van der Waals surface area contributed by atoms with Crippen LogP contribution in [-0.2, 0) is 10.2 Å². The number of halogens is 1. The summed E-state index contributed by atoms with van der Waals surface area (Å²) in [6.07, 6.45) is 4.85. The van der Waals surface area contributed by atoms with Crippen molar-refractivity contribution in [3.63, 3.8) is 0 Å². The molecule has 0 radical (unpaired) electrons. The van der Waals surface area contributed by atoms with E-state index in [9.17, 15) is 4.39 Å². The maximum Gasteiger partial charge on any atom is 0.132 e. The van der Waals surface area contributed by atoms with Gasteiger partial charge in [-0.25, -0.2) is 4.39 Å². The molecule has 118 valence electrons. The zero-order valence-corrected chi connectivity index (χ0v) is 13.2. The van der Waals surface area contributed by atoms with Crippen LogP contribution in [0.1, 0.15) is 42.9 Å². The number of methoxy groups -OCH3 is 1. The van der Waals surface area contributed by atoms with E-state index >= 15 is 0 Å². The number of hydrogen-bond acceptors (Lipinski definition) is 3.